The van der Waals surface area contributed by atoms with Crippen LogP contribution in [-0.2, 0) is 6.54 Å². The SMILES string of the molecule is CNCc1ccc(Oc2cccc(C)c2)cc1Br. The smallest absolute Gasteiger partial charge is 0.128 e. The van der Waals surface area contributed by atoms with Gasteiger partial charge in [0.2, 0.25) is 0 Å². The Labute approximate surface area is 116 Å². The normalized spacial score (nSPS) is 10.4. The van der Waals surface area contributed by atoms with Crippen molar-refractivity contribution in [1.82, 2.24) is 5.32 Å². The maximum absolute atomic E-state index is 5.82. The maximum Gasteiger partial charge on any atom is 0.128 e. The van der Waals surface area contributed by atoms with E-state index in [0.29, 0.717) is 0 Å². The Bertz CT molecular complexity index is 540. The fraction of sp³-hybridized carbons (Fsp3) is 0.200. The number of nitrogens with one attached hydrogen (secondary N) is 1. The molecule has 2 nitrogen and oxygen atoms in total. The molecule has 0 aliphatic rings. The average molecular weight is 306 g/mol. The lowest BCUT2D eigenvalue weighted by Gasteiger charge is -2.09. The first-order chi connectivity index (χ1) is 8.69. The van der Waals surface area contributed by atoms with Crippen molar-refractivity contribution >= 4 is 15.9 Å². The molecule has 0 unspecified atom stereocenters. The Morgan fingerprint density at radius 1 is 1.11 bits per heavy atom. The minimum atomic E-state index is 0.839. The van der Waals surface area contributed by atoms with Crippen molar-refractivity contribution in [2.45, 2.75) is 13.5 Å². The Morgan fingerprint density at radius 3 is 2.56 bits per heavy atom. The molecule has 0 heterocycles. The number of aryl methyl sites for hydroxylation is 1. The van der Waals surface area contributed by atoms with Gasteiger partial charge in [0.05, 0.1) is 0 Å². The molecule has 0 saturated carbocycles. The zero-order valence-corrected chi connectivity index (χ0v) is 12.1. The van der Waals surface area contributed by atoms with Gasteiger partial charge in [0.1, 0.15) is 11.5 Å². The van der Waals surface area contributed by atoms with Crippen LogP contribution in [0.15, 0.2) is 46.9 Å². The third kappa shape index (κ3) is 3.34. The molecule has 0 bridgehead atoms. The largest absolute Gasteiger partial charge is 0.457 e. The summed E-state index contributed by atoms with van der Waals surface area (Å²) in [6, 6.07) is 14.1. The molecule has 0 aromatic heterocycles. The lowest BCUT2D eigenvalue weighted by Crippen LogP contribution is -2.05. The number of benzene rings is 2. The van der Waals surface area contributed by atoms with Crippen molar-refractivity contribution in [1.29, 1.82) is 0 Å². The van der Waals surface area contributed by atoms with Gasteiger partial charge < -0.3 is 10.1 Å². The van der Waals surface area contributed by atoms with Gasteiger partial charge in [-0.05, 0) is 49.4 Å². The van der Waals surface area contributed by atoms with E-state index in [1.165, 1.54) is 11.1 Å². The van der Waals surface area contributed by atoms with Crippen LogP contribution in [0.3, 0.4) is 0 Å². The zero-order chi connectivity index (χ0) is 13.0. The second-order valence-electron chi connectivity index (χ2n) is 4.20. The molecule has 18 heavy (non-hydrogen) atoms. The number of rotatable bonds is 4. The minimum Gasteiger partial charge on any atom is -0.457 e. The molecule has 1 N–H and O–H groups in total. The van der Waals surface area contributed by atoms with Gasteiger partial charge in [-0.1, -0.05) is 34.1 Å². The Balaban J connectivity index is 2.17. The molecule has 0 aliphatic carbocycles. The highest BCUT2D eigenvalue weighted by atomic mass is 79.9. The van der Waals surface area contributed by atoms with Gasteiger partial charge in [-0.15, -0.1) is 0 Å². The van der Waals surface area contributed by atoms with Crippen LogP contribution in [-0.4, -0.2) is 7.05 Å². The topological polar surface area (TPSA) is 21.3 Å². The van der Waals surface area contributed by atoms with Gasteiger partial charge in [0, 0.05) is 11.0 Å². The summed E-state index contributed by atoms with van der Waals surface area (Å²) >= 11 is 3.56. The van der Waals surface area contributed by atoms with E-state index in [-0.39, 0.29) is 0 Å². The van der Waals surface area contributed by atoms with Gasteiger partial charge >= 0.3 is 0 Å². The fourth-order valence-electron chi connectivity index (χ4n) is 1.74. The highest BCUT2D eigenvalue weighted by molar-refractivity contribution is 9.10. The van der Waals surface area contributed by atoms with E-state index >= 15 is 0 Å². The summed E-state index contributed by atoms with van der Waals surface area (Å²) in [4.78, 5) is 0. The van der Waals surface area contributed by atoms with E-state index in [2.05, 4.69) is 40.3 Å². The lowest BCUT2D eigenvalue weighted by atomic mass is 10.2. The summed E-state index contributed by atoms with van der Waals surface area (Å²) in [5.41, 5.74) is 2.41. The van der Waals surface area contributed by atoms with Crippen molar-refractivity contribution in [3.05, 3.63) is 58.1 Å². The summed E-state index contributed by atoms with van der Waals surface area (Å²) in [5.74, 6) is 1.70. The molecule has 0 amide bonds. The lowest BCUT2D eigenvalue weighted by molar-refractivity contribution is 0.481. The third-order valence-corrected chi connectivity index (χ3v) is 3.36. The summed E-state index contributed by atoms with van der Waals surface area (Å²) in [6.45, 7) is 2.89. The van der Waals surface area contributed by atoms with Crippen LogP contribution >= 0.6 is 15.9 Å². The molecular weight excluding hydrogens is 290 g/mol. The predicted octanol–water partition coefficient (Wildman–Crippen LogP) is 4.27. The number of hydrogen-bond donors (Lipinski definition) is 1. The second kappa shape index (κ2) is 6.03. The molecule has 2 rings (SSSR count). The van der Waals surface area contributed by atoms with Crippen LogP contribution < -0.4 is 10.1 Å². The molecule has 0 saturated heterocycles. The number of hydrogen-bond acceptors (Lipinski definition) is 2. The molecule has 0 aliphatic heterocycles. The highest BCUT2D eigenvalue weighted by Gasteiger charge is 2.03. The second-order valence-corrected chi connectivity index (χ2v) is 5.06. The molecule has 2 aromatic rings. The Hall–Kier alpha value is -1.32. The van der Waals surface area contributed by atoms with Crippen LogP contribution in [0.25, 0.3) is 0 Å². The standard InChI is InChI=1S/C15H16BrNO/c1-11-4-3-5-13(8-11)18-14-7-6-12(10-17-2)15(16)9-14/h3-9,17H,10H2,1-2H3. The predicted molar refractivity (Wildman–Crippen MR) is 78.2 cm³/mol. The van der Waals surface area contributed by atoms with Crippen LogP contribution in [0.5, 0.6) is 11.5 Å². The first-order valence-corrected chi connectivity index (χ1v) is 6.66. The molecule has 0 spiro atoms. The Morgan fingerprint density at radius 2 is 1.89 bits per heavy atom. The third-order valence-electron chi connectivity index (χ3n) is 2.62. The summed E-state index contributed by atoms with van der Waals surface area (Å²) < 4.78 is 6.88. The molecule has 0 atom stereocenters. The van der Waals surface area contributed by atoms with Crippen molar-refractivity contribution in [3.63, 3.8) is 0 Å². The van der Waals surface area contributed by atoms with E-state index in [1.54, 1.807) is 0 Å². The summed E-state index contributed by atoms with van der Waals surface area (Å²) in [5, 5.41) is 3.13. The van der Waals surface area contributed by atoms with E-state index in [1.807, 2.05) is 37.4 Å². The summed E-state index contributed by atoms with van der Waals surface area (Å²) in [7, 11) is 1.93. The minimum absolute atomic E-state index is 0.839. The van der Waals surface area contributed by atoms with Gasteiger partial charge in [0.25, 0.3) is 0 Å². The molecule has 94 valence electrons. The van der Waals surface area contributed by atoms with Crippen LogP contribution in [0, 0.1) is 6.92 Å². The molecule has 2 aromatic carbocycles. The Kier molecular flexibility index (Phi) is 4.39. The van der Waals surface area contributed by atoms with E-state index < -0.39 is 0 Å². The van der Waals surface area contributed by atoms with Gasteiger partial charge in [-0.3, -0.25) is 0 Å². The molecular formula is C15H16BrNO. The average Bonchev–Trinajstić information content (AvgIpc) is 2.33. The van der Waals surface area contributed by atoms with Crippen molar-refractivity contribution < 1.29 is 4.74 Å². The van der Waals surface area contributed by atoms with Crippen molar-refractivity contribution in [3.8, 4) is 11.5 Å². The maximum atomic E-state index is 5.82. The zero-order valence-electron chi connectivity index (χ0n) is 10.5. The highest BCUT2D eigenvalue weighted by Crippen LogP contribution is 2.27. The van der Waals surface area contributed by atoms with E-state index in [4.69, 9.17) is 4.74 Å². The van der Waals surface area contributed by atoms with Crippen molar-refractivity contribution in [2.75, 3.05) is 7.05 Å². The van der Waals surface area contributed by atoms with Gasteiger partial charge in [0.15, 0.2) is 0 Å². The number of halogens is 1. The van der Waals surface area contributed by atoms with Crippen LogP contribution in [0.1, 0.15) is 11.1 Å². The first kappa shape index (κ1) is 13.1. The first-order valence-electron chi connectivity index (χ1n) is 5.86. The monoisotopic (exact) mass is 305 g/mol. The van der Waals surface area contributed by atoms with E-state index in [0.717, 1.165) is 22.5 Å². The number of ether oxygens (including phenoxy) is 1. The quantitative estimate of drug-likeness (QED) is 0.911. The van der Waals surface area contributed by atoms with Gasteiger partial charge in [-0.2, -0.15) is 0 Å². The fourth-order valence-corrected chi connectivity index (χ4v) is 2.24. The van der Waals surface area contributed by atoms with Crippen LogP contribution in [0.2, 0.25) is 0 Å². The molecule has 0 fully saturated rings. The van der Waals surface area contributed by atoms with Crippen molar-refractivity contribution in [2.24, 2.45) is 0 Å². The molecule has 3 heteroatoms. The molecule has 0 radical (unpaired) electrons. The van der Waals surface area contributed by atoms with E-state index in [9.17, 15) is 0 Å². The summed E-state index contributed by atoms with van der Waals surface area (Å²) in [6.07, 6.45) is 0. The van der Waals surface area contributed by atoms with Crippen LogP contribution in [0.4, 0.5) is 0 Å². The van der Waals surface area contributed by atoms with Gasteiger partial charge in [-0.25, -0.2) is 0 Å².